The summed E-state index contributed by atoms with van der Waals surface area (Å²) in [6, 6.07) is 2.16. The van der Waals surface area contributed by atoms with Crippen molar-refractivity contribution in [3.05, 3.63) is 33.6 Å². The van der Waals surface area contributed by atoms with Crippen LogP contribution in [0.4, 0.5) is 10.1 Å². The molecule has 0 bridgehead atoms. The van der Waals surface area contributed by atoms with Crippen LogP contribution in [0.15, 0.2) is 12.1 Å². The lowest BCUT2D eigenvalue weighted by Gasteiger charge is -2.25. The number of nitrogens with zero attached hydrogens (tertiary/aromatic N) is 2. The van der Waals surface area contributed by atoms with Gasteiger partial charge in [-0.2, -0.15) is 0 Å². The van der Waals surface area contributed by atoms with Crippen LogP contribution in [0, 0.1) is 21.8 Å². The summed E-state index contributed by atoms with van der Waals surface area (Å²) in [5, 5.41) is 21.1. The van der Waals surface area contributed by atoms with Gasteiger partial charge >= 0.3 is 11.7 Å². The van der Waals surface area contributed by atoms with E-state index in [4.69, 9.17) is 9.47 Å². The van der Waals surface area contributed by atoms with Crippen LogP contribution in [-0.2, 0) is 14.3 Å². The first-order valence-corrected chi connectivity index (χ1v) is 10.9. The number of carbonyl (C=O) groups is 2. The minimum absolute atomic E-state index is 0.0457. The molecule has 0 heterocycles. The van der Waals surface area contributed by atoms with Crippen molar-refractivity contribution in [2.24, 2.45) is 5.92 Å². The first kappa shape index (κ1) is 25.5. The number of ether oxygens (including phenoxy) is 2. The Hall–Kier alpha value is -2.75. The molecule has 1 N–H and O–H groups in total. The molecule has 1 aliphatic rings. The smallest absolute Gasteiger partial charge is 0.319 e. The number of nitro benzene ring substituents is 1. The largest absolute Gasteiger partial charge is 0.485 e. The van der Waals surface area contributed by atoms with Crippen molar-refractivity contribution in [2.45, 2.75) is 58.5 Å². The number of hydrogen-bond donors (Lipinski definition) is 1. The monoisotopic (exact) mass is 454 g/mol. The van der Waals surface area contributed by atoms with Crippen molar-refractivity contribution in [2.75, 3.05) is 26.3 Å². The van der Waals surface area contributed by atoms with Crippen LogP contribution in [0.2, 0.25) is 0 Å². The average molecular weight is 454 g/mol. The van der Waals surface area contributed by atoms with Gasteiger partial charge in [0.25, 0.3) is 0 Å². The highest BCUT2D eigenvalue weighted by Crippen LogP contribution is 2.37. The number of halogens is 1. The Morgan fingerprint density at radius 3 is 2.59 bits per heavy atom. The van der Waals surface area contributed by atoms with Gasteiger partial charge in [0.2, 0.25) is 11.7 Å². The van der Waals surface area contributed by atoms with E-state index in [-0.39, 0.29) is 37.5 Å². The molecular weight excluding hydrogens is 423 g/mol. The molecule has 32 heavy (non-hydrogen) atoms. The van der Waals surface area contributed by atoms with E-state index in [1.165, 1.54) is 13.8 Å². The lowest BCUT2D eigenvalue weighted by molar-refractivity contribution is -0.387. The third kappa shape index (κ3) is 7.44. The van der Waals surface area contributed by atoms with Crippen molar-refractivity contribution in [3.63, 3.8) is 0 Å². The van der Waals surface area contributed by atoms with Crippen LogP contribution < -0.4 is 4.74 Å². The summed E-state index contributed by atoms with van der Waals surface area (Å²) in [6.45, 7) is 3.56. The average Bonchev–Trinajstić information content (AvgIpc) is 3.23. The Labute approximate surface area is 186 Å². The lowest BCUT2D eigenvalue weighted by atomic mass is 10.1. The van der Waals surface area contributed by atoms with Crippen LogP contribution in [0.25, 0.3) is 0 Å². The number of amides is 1. The third-order valence-corrected chi connectivity index (χ3v) is 5.50. The Morgan fingerprint density at radius 2 is 2.00 bits per heavy atom. The van der Waals surface area contributed by atoms with E-state index in [0.717, 1.165) is 37.8 Å². The molecule has 178 valence electrons. The fourth-order valence-corrected chi connectivity index (χ4v) is 3.90. The van der Waals surface area contributed by atoms with Crippen molar-refractivity contribution in [3.8, 4) is 5.75 Å². The normalized spacial score (nSPS) is 14.8. The molecule has 0 saturated heterocycles. The molecule has 1 unspecified atom stereocenters. The second-order valence-corrected chi connectivity index (χ2v) is 8.03. The van der Waals surface area contributed by atoms with Crippen LogP contribution in [0.3, 0.4) is 0 Å². The number of aliphatic hydroxyl groups excluding tert-OH is 1. The molecule has 0 spiro atoms. The van der Waals surface area contributed by atoms with Crippen LogP contribution in [-0.4, -0.2) is 53.1 Å². The minimum atomic E-state index is -1.17. The highest BCUT2D eigenvalue weighted by Gasteiger charge is 2.28. The maximum Gasteiger partial charge on any atom is 0.319 e. The fourth-order valence-electron chi connectivity index (χ4n) is 3.90. The van der Waals surface area contributed by atoms with Gasteiger partial charge < -0.3 is 19.5 Å². The highest BCUT2D eigenvalue weighted by molar-refractivity contribution is 5.76. The second kappa shape index (κ2) is 12.3. The van der Waals surface area contributed by atoms with Gasteiger partial charge in [-0.25, -0.2) is 4.39 Å². The summed E-state index contributed by atoms with van der Waals surface area (Å²) in [5.74, 6) is -1.57. The zero-order chi connectivity index (χ0) is 23.7. The van der Waals surface area contributed by atoms with Crippen LogP contribution in [0.1, 0.15) is 64.0 Å². The zero-order valence-corrected chi connectivity index (χ0v) is 18.5. The topological polar surface area (TPSA) is 119 Å². The fraction of sp³-hybridized carbons (Fsp3) is 0.636. The molecule has 0 aliphatic heterocycles. The van der Waals surface area contributed by atoms with Crippen molar-refractivity contribution >= 4 is 17.6 Å². The molecule has 1 aromatic rings. The number of carbonyl (C=O) groups excluding carboxylic acids is 2. The van der Waals surface area contributed by atoms with Crippen molar-refractivity contribution in [1.29, 1.82) is 0 Å². The predicted octanol–water partition coefficient (Wildman–Crippen LogP) is 3.53. The molecule has 0 aromatic heterocycles. The van der Waals surface area contributed by atoms with Crippen molar-refractivity contribution in [1.82, 2.24) is 4.90 Å². The highest BCUT2D eigenvalue weighted by atomic mass is 19.1. The van der Waals surface area contributed by atoms with E-state index in [1.807, 2.05) is 0 Å². The molecular formula is C22H31FN2O7. The summed E-state index contributed by atoms with van der Waals surface area (Å²) < 4.78 is 24.5. The van der Waals surface area contributed by atoms with Gasteiger partial charge in [-0.15, -0.1) is 0 Å². The molecule has 1 saturated carbocycles. The number of rotatable bonds is 12. The number of esters is 1. The van der Waals surface area contributed by atoms with E-state index in [0.29, 0.717) is 19.0 Å². The zero-order valence-electron chi connectivity index (χ0n) is 18.5. The summed E-state index contributed by atoms with van der Waals surface area (Å²) in [6.07, 6.45) is 3.56. The molecule has 10 heteroatoms. The van der Waals surface area contributed by atoms with Crippen LogP contribution in [0.5, 0.6) is 5.75 Å². The van der Waals surface area contributed by atoms with E-state index in [9.17, 15) is 29.2 Å². The molecule has 1 fully saturated rings. The molecule has 1 atom stereocenters. The molecule has 9 nitrogen and oxygen atoms in total. The molecule has 1 aliphatic carbocycles. The van der Waals surface area contributed by atoms with Gasteiger partial charge in [0, 0.05) is 19.9 Å². The quantitative estimate of drug-likeness (QED) is 0.222. The summed E-state index contributed by atoms with van der Waals surface area (Å²) in [7, 11) is 0. The lowest BCUT2D eigenvalue weighted by Crippen LogP contribution is -2.37. The standard InChI is InChI=1S/C22H31FN2O7/c1-15(26)18-9-10-19(23)22(21(18)25(29)30)32-12-5-8-20(28)24(11-13-31-16(2)27)14-17-6-3-4-7-17/h9-10,15,17,26H,3-8,11-14H2,1-2H3. The number of nitro groups is 1. The van der Waals surface area contributed by atoms with Gasteiger partial charge in [0.1, 0.15) is 6.61 Å². The number of hydrogen-bond acceptors (Lipinski definition) is 7. The summed E-state index contributed by atoms with van der Waals surface area (Å²) in [4.78, 5) is 36.0. The van der Waals surface area contributed by atoms with E-state index >= 15 is 0 Å². The maximum atomic E-state index is 14.2. The Bertz CT molecular complexity index is 810. The maximum absolute atomic E-state index is 14.2. The molecule has 0 radical (unpaired) electrons. The predicted molar refractivity (Wildman–Crippen MR) is 114 cm³/mol. The van der Waals surface area contributed by atoms with Gasteiger partial charge in [-0.1, -0.05) is 12.8 Å². The van der Waals surface area contributed by atoms with Crippen LogP contribution >= 0.6 is 0 Å². The first-order chi connectivity index (χ1) is 15.2. The molecule has 1 amide bonds. The van der Waals surface area contributed by atoms with E-state index < -0.39 is 34.3 Å². The Balaban J connectivity index is 1.95. The second-order valence-electron chi connectivity index (χ2n) is 8.03. The first-order valence-electron chi connectivity index (χ1n) is 10.9. The van der Waals surface area contributed by atoms with Crippen molar-refractivity contribution < 1.29 is 33.5 Å². The third-order valence-electron chi connectivity index (χ3n) is 5.50. The minimum Gasteiger partial charge on any atom is -0.485 e. The molecule has 1 aromatic carbocycles. The number of aliphatic hydroxyl groups is 1. The van der Waals surface area contributed by atoms with E-state index in [1.54, 1.807) is 4.90 Å². The van der Waals surface area contributed by atoms with Gasteiger partial charge in [-0.3, -0.25) is 19.7 Å². The Morgan fingerprint density at radius 1 is 1.31 bits per heavy atom. The van der Waals surface area contributed by atoms with Gasteiger partial charge in [0.05, 0.1) is 29.7 Å². The van der Waals surface area contributed by atoms with Gasteiger partial charge in [-0.05, 0) is 44.2 Å². The SMILES string of the molecule is CC(=O)OCCN(CC1CCCC1)C(=O)CCCOc1c(F)ccc(C(C)O)c1[N+](=O)[O-]. The molecule has 2 rings (SSSR count). The summed E-state index contributed by atoms with van der Waals surface area (Å²) >= 11 is 0. The Kier molecular flexibility index (Phi) is 9.83. The van der Waals surface area contributed by atoms with E-state index in [2.05, 4.69) is 0 Å². The number of benzene rings is 1. The van der Waals surface area contributed by atoms with Gasteiger partial charge in [0.15, 0.2) is 5.82 Å². The summed E-state index contributed by atoms with van der Waals surface area (Å²) in [5.41, 5.74) is -0.661.